The van der Waals surface area contributed by atoms with E-state index in [1.54, 1.807) is 11.4 Å². The van der Waals surface area contributed by atoms with Crippen LogP contribution in [0, 0.1) is 13.8 Å². The largest absolute Gasteiger partial charge is 0.332 e. The van der Waals surface area contributed by atoms with E-state index in [1.165, 1.54) is 9.13 Å². The van der Waals surface area contributed by atoms with Crippen LogP contribution >= 0.6 is 0 Å². The number of hydrogen-bond donors (Lipinski definition) is 1. The topological polar surface area (TPSA) is 77.1 Å². The van der Waals surface area contributed by atoms with Gasteiger partial charge in [0.2, 0.25) is 5.78 Å². The predicted molar refractivity (Wildman–Crippen MR) is 80.9 cm³/mol. The van der Waals surface area contributed by atoms with Crippen LogP contribution in [0.1, 0.15) is 31.2 Å². The van der Waals surface area contributed by atoms with Gasteiger partial charge in [-0.3, -0.25) is 18.3 Å². The van der Waals surface area contributed by atoms with Gasteiger partial charge in [-0.25, -0.2) is 4.79 Å². The number of hydrogen-bond acceptors (Lipinski definition) is 3. The van der Waals surface area contributed by atoms with Crippen LogP contribution < -0.4 is 11.2 Å². The maximum Gasteiger partial charge on any atom is 0.332 e. The van der Waals surface area contributed by atoms with Gasteiger partial charge in [0.1, 0.15) is 0 Å². The maximum atomic E-state index is 12.7. The van der Waals surface area contributed by atoms with Crippen molar-refractivity contribution in [3.05, 3.63) is 32.2 Å². The number of aromatic nitrogens is 5. The molecule has 3 heterocycles. The Hall–Kier alpha value is -2.31. The van der Waals surface area contributed by atoms with Gasteiger partial charge in [-0.15, -0.1) is 0 Å². The van der Waals surface area contributed by atoms with E-state index in [1.807, 2.05) is 20.8 Å². The molecule has 0 aliphatic carbocycles. The lowest BCUT2D eigenvalue weighted by molar-refractivity contribution is 0.566. The second kappa shape index (κ2) is 4.61. The van der Waals surface area contributed by atoms with E-state index in [-0.39, 0.29) is 11.2 Å². The summed E-state index contributed by atoms with van der Waals surface area (Å²) < 4.78 is 4.55. The minimum absolute atomic E-state index is 0.267. The normalized spacial score (nSPS) is 11.8. The monoisotopic (exact) mass is 289 g/mol. The van der Waals surface area contributed by atoms with Crippen molar-refractivity contribution in [2.24, 2.45) is 7.05 Å². The third kappa shape index (κ3) is 1.76. The van der Waals surface area contributed by atoms with Gasteiger partial charge in [0.25, 0.3) is 5.56 Å². The molecule has 112 valence electrons. The van der Waals surface area contributed by atoms with Crippen molar-refractivity contribution in [1.29, 1.82) is 0 Å². The second-order valence-electron chi connectivity index (χ2n) is 5.43. The first-order valence-electron chi connectivity index (χ1n) is 7.14. The molecule has 0 fully saturated rings. The highest BCUT2D eigenvalue weighted by atomic mass is 16.2. The number of aryl methyl sites for hydroxylation is 3. The highest BCUT2D eigenvalue weighted by molar-refractivity contribution is 5.76. The third-order valence-electron chi connectivity index (χ3n) is 4.05. The number of fused-ring (bicyclic) bond motifs is 3. The van der Waals surface area contributed by atoms with Crippen molar-refractivity contribution in [2.75, 3.05) is 0 Å². The molecule has 3 aromatic rings. The maximum absolute atomic E-state index is 12.7. The summed E-state index contributed by atoms with van der Waals surface area (Å²) in [6.45, 7) is 6.34. The molecule has 0 saturated carbocycles. The molecule has 0 saturated heterocycles. The Morgan fingerprint density at radius 3 is 2.62 bits per heavy atom. The number of imidazole rings is 2. The molecule has 1 N–H and O–H groups in total. The van der Waals surface area contributed by atoms with E-state index >= 15 is 0 Å². The zero-order chi connectivity index (χ0) is 15.3. The minimum atomic E-state index is -0.309. The highest BCUT2D eigenvalue weighted by Crippen LogP contribution is 2.16. The van der Waals surface area contributed by atoms with Gasteiger partial charge in [-0.1, -0.05) is 13.3 Å². The zero-order valence-corrected chi connectivity index (χ0v) is 12.7. The van der Waals surface area contributed by atoms with Crippen LogP contribution in [0.15, 0.2) is 9.59 Å². The first-order chi connectivity index (χ1) is 9.97. The molecule has 0 aromatic carbocycles. The summed E-state index contributed by atoms with van der Waals surface area (Å²) in [6.07, 6.45) is 1.73. The van der Waals surface area contributed by atoms with Gasteiger partial charge in [0.05, 0.1) is 0 Å². The summed E-state index contributed by atoms with van der Waals surface area (Å²) in [7, 11) is 1.65. The smallest absolute Gasteiger partial charge is 0.327 e. The van der Waals surface area contributed by atoms with Crippen molar-refractivity contribution >= 4 is 16.9 Å². The SMILES string of the molecule is CCCCn1c(=O)c2c(nc3[nH]c(C)c(C)n32)n(C)c1=O. The van der Waals surface area contributed by atoms with Crippen LogP contribution in [0.3, 0.4) is 0 Å². The van der Waals surface area contributed by atoms with Gasteiger partial charge in [-0.05, 0) is 20.3 Å². The molecule has 0 radical (unpaired) electrons. The van der Waals surface area contributed by atoms with E-state index in [0.717, 1.165) is 24.2 Å². The summed E-state index contributed by atoms with van der Waals surface area (Å²) in [5.74, 6) is 0.598. The van der Waals surface area contributed by atoms with Gasteiger partial charge in [0, 0.05) is 25.0 Å². The summed E-state index contributed by atoms with van der Waals surface area (Å²) in [5.41, 5.74) is 2.21. The lowest BCUT2D eigenvalue weighted by Crippen LogP contribution is -2.39. The number of aromatic amines is 1. The molecule has 0 spiro atoms. The molecular weight excluding hydrogens is 270 g/mol. The lowest BCUT2D eigenvalue weighted by atomic mass is 10.3. The quantitative estimate of drug-likeness (QED) is 0.784. The van der Waals surface area contributed by atoms with Crippen molar-refractivity contribution in [3.8, 4) is 0 Å². The summed E-state index contributed by atoms with van der Waals surface area (Å²) in [6, 6.07) is 0. The summed E-state index contributed by atoms with van der Waals surface area (Å²) in [5, 5.41) is 0. The molecule has 0 amide bonds. The van der Waals surface area contributed by atoms with Crippen molar-refractivity contribution in [1.82, 2.24) is 23.5 Å². The number of rotatable bonds is 3. The number of unbranched alkanes of at least 4 members (excludes halogenated alkanes) is 1. The first kappa shape index (κ1) is 13.7. The molecule has 3 aromatic heterocycles. The minimum Gasteiger partial charge on any atom is -0.327 e. The Morgan fingerprint density at radius 1 is 1.24 bits per heavy atom. The van der Waals surface area contributed by atoms with E-state index < -0.39 is 0 Å². The zero-order valence-electron chi connectivity index (χ0n) is 12.7. The van der Waals surface area contributed by atoms with E-state index in [2.05, 4.69) is 9.97 Å². The van der Waals surface area contributed by atoms with E-state index in [0.29, 0.717) is 23.5 Å². The van der Waals surface area contributed by atoms with Gasteiger partial charge >= 0.3 is 5.69 Å². The predicted octanol–water partition coefficient (Wildman–Crippen LogP) is 1.09. The number of H-pyrrole nitrogens is 1. The number of nitrogens with zero attached hydrogens (tertiary/aromatic N) is 4. The van der Waals surface area contributed by atoms with Crippen LogP contribution in [0.5, 0.6) is 0 Å². The molecule has 0 bridgehead atoms. The fourth-order valence-corrected chi connectivity index (χ4v) is 2.67. The highest BCUT2D eigenvalue weighted by Gasteiger charge is 2.19. The van der Waals surface area contributed by atoms with Crippen LogP contribution in [-0.2, 0) is 13.6 Å². The molecule has 0 aliphatic rings. The average molecular weight is 289 g/mol. The third-order valence-corrected chi connectivity index (χ3v) is 4.05. The lowest BCUT2D eigenvalue weighted by Gasteiger charge is -2.07. The Labute approximate surface area is 120 Å². The van der Waals surface area contributed by atoms with Crippen LogP contribution in [0.25, 0.3) is 16.9 Å². The Morgan fingerprint density at radius 2 is 1.95 bits per heavy atom. The number of nitrogens with one attached hydrogen (secondary N) is 1. The molecule has 7 nitrogen and oxygen atoms in total. The van der Waals surface area contributed by atoms with Crippen LogP contribution in [-0.4, -0.2) is 23.5 Å². The van der Waals surface area contributed by atoms with Crippen LogP contribution in [0.4, 0.5) is 0 Å². The van der Waals surface area contributed by atoms with Gasteiger partial charge in [-0.2, -0.15) is 4.98 Å². The van der Waals surface area contributed by atoms with E-state index in [9.17, 15) is 9.59 Å². The molecule has 0 aliphatic heterocycles. The molecule has 7 heteroatoms. The molecule has 3 rings (SSSR count). The van der Waals surface area contributed by atoms with Crippen molar-refractivity contribution in [3.63, 3.8) is 0 Å². The molecule has 21 heavy (non-hydrogen) atoms. The van der Waals surface area contributed by atoms with Crippen molar-refractivity contribution in [2.45, 2.75) is 40.2 Å². The van der Waals surface area contributed by atoms with Gasteiger partial charge < -0.3 is 4.98 Å². The van der Waals surface area contributed by atoms with E-state index in [4.69, 9.17) is 0 Å². The molecule has 0 atom stereocenters. The Bertz CT molecular complexity index is 954. The summed E-state index contributed by atoms with van der Waals surface area (Å²) >= 11 is 0. The average Bonchev–Trinajstić information content (AvgIpc) is 2.95. The van der Waals surface area contributed by atoms with Crippen molar-refractivity contribution < 1.29 is 0 Å². The van der Waals surface area contributed by atoms with Crippen LogP contribution in [0.2, 0.25) is 0 Å². The fourth-order valence-electron chi connectivity index (χ4n) is 2.67. The van der Waals surface area contributed by atoms with Gasteiger partial charge in [0.15, 0.2) is 11.2 Å². The standard InChI is InChI=1S/C14H19N5O2/c1-5-6-7-18-12(20)10-11(17(4)14(18)21)16-13-15-8(2)9(3)19(10)13/h5-7H2,1-4H3,(H,15,16). The first-order valence-corrected chi connectivity index (χ1v) is 7.14. The molecule has 0 unspecified atom stereocenters. The Kier molecular flexibility index (Phi) is 3.00. The Balaban J connectivity index is 2.49. The fraction of sp³-hybridized carbons (Fsp3) is 0.500. The molecular formula is C14H19N5O2. The second-order valence-corrected chi connectivity index (χ2v) is 5.43. The summed E-state index contributed by atoms with van der Waals surface area (Å²) in [4.78, 5) is 32.6.